The molecule has 1 heterocycles. The summed E-state index contributed by atoms with van der Waals surface area (Å²) in [5, 5.41) is 4.19. The van der Waals surface area contributed by atoms with E-state index < -0.39 is 5.82 Å². The lowest BCUT2D eigenvalue weighted by atomic mass is 10.2. The Balaban J connectivity index is 0.000000920. The molecule has 0 saturated heterocycles. The molecule has 1 aromatic carbocycles. The largest absolute Gasteiger partial charge is 0.493 e. The number of aromatic nitrogens is 2. The summed E-state index contributed by atoms with van der Waals surface area (Å²) in [6, 6.07) is 4.69. The molecule has 2 rings (SSSR count). The van der Waals surface area contributed by atoms with Crippen LogP contribution in [0.5, 0.6) is 0 Å². The summed E-state index contributed by atoms with van der Waals surface area (Å²) in [6.07, 6.45) is 6.33. The minimum Gasteiger partial charge on any atom is -0.493 e. The van der Waals surface area contributed by atoms with Gasteiger partial charge in [-0.3, -0.25) is 5.01 Å². The molecule has 0 unspecified atom stereocenters. The lowest BCUT2D eigenvalue weighted by molar-refractivity contribution is 0.432. The molecule has 0 aliphatic heterocycles. The zero-order chi connectivity index (χ0) is 19.9. The fourth-order valence-electron chi connectivity index (χ4n) is 1.77. The second kappa shape index (κ2) is 13.8. The first-order valence-corrected chi connectivity index (χ1v) is 8.39. The molecule has 0 radical (unpaired) electrons. The zero-order valence-electron chi connectivity index (χ0n) is 15.5. The van der Waals surface area contributed by atoms with Crippen molar-refractivity contribution in [1.29, 1.82) is 0 Å². The maximum Gasteiger partial charge on any atom is 0.149 e. The van der Waals surface area contributed by atoms with E-state index in [-0.39, 0.29) is 0 Å². The quantitative estimate of drug-likeness (QED) is 0.401. The average Bonchev–Trinajstić information content (AvgIpc) is 3.18. The maximum atomic E-state index is 14.1. The number of rotatable bonds is 6. The van der Waals surface area contributed by atoms with Gasteiger partial charge in [-0.15, -0.1) is 0 Å². The third kappa shape index (κ3) is 8.06. The van der Waals surface area contributed by atoms with Crippen LogP contribution < -0.4 is 21.9 Å². The van der Waals surface area contributed by atoms with Gasteiger partial charge in [0.1, 0.15) is 11.4 Å². The Kier molecular flexibility index (Phi) is 12.4. The molecule has 0 amide bonds. The highest BCUT2D eigenvalue weighted by molar-refractivity contribution is 7.78. The van der Waals surface area contributed by atoms with Crippen molar-refractivity contribution in [2.75, 3.05) is 25.7 Å². The van der Waals surface area contributed by atoms with E-state index in [1.165, 1.54) is 30.1 Å². The number of halogens is 1. The molecule has 0 bridgehead atoms. The number of thiocarbonyl (C=S) groups is 1. The number of anilines is 1. The van der Waals surface area contributed by atoms with Crippen LogP contribution in [0.2, 0.25) is 0 Å². The first kappa shape index (κ1) is 23.5. The lowest BCUT2D eigenvalue weighted by Gasteiger charge is -2.16. The number of hydrogen-bond acceptors (Lipinski definition) is 7. The first-order valence-electron chi connectivity index (χ1n) is 7.92. The molecule has 0 aliphatic carbocycles. The normalized spacial score (nSPS) is 10.0. The van der Waals surface area contributed by atoms with E-state index in [1.54, 1.807) is 42.3 Å². The van der Waals surface area contributed by atoms with Gasteiger partial charge in [0.25, 0.3) is 0 Å². The van der Waals surface area contributed by atoms with E-state index >= 15 is 0 Å². The van der Waals surface area contributed by atoms with Crippen LogP contribution in [0.4, 0.5) is 10.1 Å². The molecule has 1 aromatic heterocycles. The highest BCUT2D eigenvalue weighted by Crippen LogP contribution is 2.20. The van der Waals surface area contributed by atoms with Gasteiger partial charge >= 0.3 is 0 Å². The van der Waals surface area contributed by atoms with Gasteiger partial charge in [0.15, 0.2) is 0 Å². The fraction of sp³-hybridized carbons (Fsp3) is 0.294. The van der Waals surface area contributed by atoms with Crippen LogP contribution in [0.3, 0.4) is 0 Å². The van der Waals surface area contributed by atoms with Crippen LogP contribution >= 0.6 is 12.2 Å². The van der Waals surface area contributed by atoms with Crippen molar-refractivity contribution < 1.29 is 9.13 Å². The zero-order valence-corrected chi connectivity index (χ0v) is 16.3. The number of benzene rings is 1. The molecule has 2 aromatic rings. The van der Waals surface area contributed by atoms with Gasteiger partial charge in [0, 0.05) is 36.9 Å². The van der Waals surface area contributed by atoms with E-state index in [9.17, 15) is 4.39 Å². The Morgan fingerprint density at radius 2 is 2.12 bits per heavy atom. The predicted molar refractivity (Wildman–Crippen MR) is 108 cm³/mol. The van der Waals surface area contributed by atoms with E-state index in [0.29, 0.717) is 23.6 Å². The molecular formula is C17H27FN6OS. The van der Waals surface area contributed by atoms with Crippen molar-refractivity contribution in [3.63, 3.8) is 0 Å². The Bertz CT molecular complexity index is 663. The minimum absolute atomic E-state index is 0.392. The molecule has 26 heavy (non-hydrogen) atoms. The average molecular weight is 383 g/mol. The third-order valence-electron chi connectivity index (χ3n) is 2.79. The summed E-state index contributed by atoms with van der Waals surface area (Å²) in [4.78, 5) is 3.89. The summed E-state index contributed by atoms with van der Waals surface area (Å²) < 4.78 is 19.9. The van der Waals surface area contributed by atoms with Crippen molar-refractivity contribution in [1.82, 2.24) is 14.9 Å². The monoisotopic (exact) mass is 382 g/mol. The van der Waals surface area contributed by atoms with Crippen molar-refractivity contribution in [2.45, 2.75) is 13.8 Å². The number of likely N-dealkylation sites (N-methyl/N-ethyl adjacent to an activating group) is 1. The minimum atomic E-state index is -0.392. The summed E-state index contributed by atoms with van der Waals surface area (Å²) in [5.41, 5.74) is 8.41. The molecule has 5 N–H and O–H groups in total. The molecule has 0 atom stereocenters. The van der Waals surface area contributed by atoms with Gasteiger partial charge < -0.3 is 20.4 Å². The number of ether oxygens (including phenoxy) is 1. The fourth-order valence-corrected chi connectivity index (χ4v) is 1.77. The second-order valence-corrected chi connectivity index (χ2v) is 4.77. The van der Waals surface area contributed by atoms with Crippen LogP contribution in [-0.4, -0.2) is 35.8 Å². The number of imidazole rings is 1. The van der Waals surface area contributed by atoms with Gasteiger partial charge in [-0.2, -0.15) is 0 Å². The Morgan fingerprint density at radius 1 is 1.46 bits per heavy atom. The van der Waals surface area contributed by atoms with E-state index in [0.717, 1.165) is 0 Å². The van der Waals surface area contributed by atoms with Gasteiger partial charge in [-0.25, -0.2) is 15.2 Å². The first-order chi connectivity index (χ1) is 12.5. The SMILES string of the molecule is CC.CNC/C(N)=C/N(N)c1ccc(-n2ccnc2)c(F)c1.COC=S. The summed E-state index contributed by atoms with van der Waals surface area (Å²) in [7, 11) is 3.30. The number of hydrogen-bond donors (Lipinski definition) is 3. The van der Waals surface area contributed by atoms with Crippen molar-refractivity contribution in [2.24, 2.45) is 11.6 Å². The summed E-state index contributed by atoms with van der Waals surface area (Å²) in [5.74, 6) is 5.44. The molecule has 0 saturated carbocycles. The van der Waals surface area contributed by atoms with Crippen LogP contribution in [-0.2, 0) is 4.74 Å². The number of methoxy groups -OCH3 is 1. The van der Waals surface area contributed by atoms with Gasteiger partial charge in [0.05, 0.1) is 24.8 Å². The second-order valence-electron chi connectivity index (χ2n) is 4.58. The van der Waals surface area contributed by atoms with Gasteiger partial charge in [0.2, 0.25) is 0 Å². The molecule has 9 heteroatoms. The van der Waals surface area contributed by atoms with Crippen LogP contribution in [0, 0.1) is 5.82 Å². The Morgan fingerprint density at radius 3 is 2.58 bits per heavy atom. The summed E-state index contributed by atoms with van der Waals surface area (Å²) in [6.45, 7) is 4.50. The smallest absolute Gasteiger partial charge is 0.149 e. The molecule has 144 valence electrons. The maximum absolute atomic E-state index is 14.1. The van der Waals surface area contributed by atoms with Crippen molar-refractivity contribution in [3.05, 3.63) is 54.6 Å². The number of nitrogens with two attached hydrogens (primary N) is 2. The van der Waals surface area contributed by atoms with E-state index in [2.05, 4.69) is 27.3 Å². The molecule has 0 aliphatic rings. The number of hydrazine groups is 1. The van der Waals surface area contributed by atoms with Crippen LogP contribution in [0.25, 0.3) is 5.69 Å². The van der Waals surface area contributed by atoms with Crippen molar-refractivity contribution in [3.8, 4) is 5.69 Å². The van der Waals surface area contributed by atoms with E-state index in [4.69, 9.17) is 11.6 Å². The molecule has 0 fully saturated rings. The van der Waals surface area contributed by atoms with Crippen molar-refractivity contribution >= 4 is 23.5 Å². The highest BCUT2D eigenvalue weighted by Gasteiger charge is 2.07. The third-order valence-corrected chi connectivity index (χ3v) is 2.99. The molecular weight excluding hydrogens is 355 g/mol. The van der Waals surface area contributed by atoms with Crippen LogP contribution in [0.1, 0.15) is 13.8 Å². The lowest BCUT2D eigenvalue weighted by Crippen LogP contribution is -2.28. The van der Waals surface area contributed by atoms with Crippen LogP contribution in [0.15, 0.2) is 48.8 Å². The Labute approximate surface area is 159 Å². The standard InChI is InChI=1S/C13H17FN6.C2H4OS.C2H6/c1-17-7-10(15)8-20(16)11-2-3-13(12(14)6-11)19-5-4-18-9-19;1-3-2-4;1-2/h2-6,8-9,17H,7,15-16H2,1H3;2H,1H3;1-2H3/b10-8-;;. The molecule has 7 nitrogen and oxygen atoms in total. The number of nitrogens with zero attached hydrogens (tertiary/aromatic N) is 3. The van der Waals surface area contributed by atoms with Gasteiger partial charge in [-0.1, -0.05) is 13.8 Å². The van der Waals surface area contributed by atoms with E-state index in [1.807, 2.05) is 13.8 Å². The number of nitrogens with one attached hydrogen (secondary N) is 1. The Hall–Kier alpha value is -2.49. The highest BCUT2D eigenvalue weighted by atomic mass is 32.1. The molecule has 0 spiro atoms. The topological polar surface area (TPSA) is 94.4 Å². The predicted octanol–water partition coefficient (Wildman–Crippen LogP) is 2.33. The van der Waals surface area contributed by atoms with Gasteiger partial charge in [-0.05, 0) is 31.4 Å². The summed E-state index contributed by atoms with van der Waals surface area (Å²) >= 11 is 4.21.